The summed E-state index contributed by atoms with van der Waals surface area (Å²) < 4.78 is 13.0. The molecule has 5 aliphatic rings. The van der Waals surface area contributed by atoms with Crippen molar-refractivity contribution in [1.29, 1.82) is 5.41 Å². The van der Waals surface area contributed by atoms with Gasteiger partial charge < -0.3 is 19.3 Å². The Labute approximate surface area is 370 Å². The third-order valence-corrected chi connectivity index (χ3v) is 11.9. The second-order valence-electron chi connectivity index (χ2n) is 16.0. The number of fused-ring (bicyclic) bond motifs is 5. The zero-order chi connectivity index (χ0) is 43.3. The van der Waals surface area contributed by atoms with Gasteiger partial charge in [-0.3, -0.25) is 5.41 Å². The number of nitrogens with one attached hydrogen (secondary N) is 1. The Morgan fingerprint density at radius 1 is 0.905 bits per heavy atom. The molecule has 63 heavy (non-hydrogen) atoms. The van der Waals surface area contributed by atoms with Crippen LogP contribution >= 0.6 is 0 Å². The highest BCUT2D eigenvalue weighted by Gasteiger charge is 2.31. The molecule has 4 aromatic rings. The van der Waals surface area contributed by atoms with Crippen molar-refractivity contribution in [3.8, 4) is 17.2 Å². The van der Waals surface area contributed by atoms with Crippen LogP contribution in [0.25, 0.3) is 16.8 Å². The third-order valence-electron chi connectivity index (χ3n) is 11.9. The average Bonchev–Trinajstić information content (AvgIpc) is 3.32. The highest BCUT2D eigenvalue weighted by Crippen LogP contribution is 2.51. The molecule has 3 aliphatic carbocycles. The summed E-state index contributed by atoms with van der Waals surface area (Å²) in [5, 5.41) is 11.4. The van der Waals surface area contributed by atoms with Crippen molar-refractivity contribution >= 4 is 51.8 Å². The van der Waals surface area contributed by atoms with E-state index in [2.05, 4.69) is 134 Å². The molecule has 0 bridgehead atoms. The molecule has 2 aliphatic heterocycles. The quantitative estimate of drug-likeness (QED) is 0.0982. The fraction of sp³-hybridized carbons (Fsp3) is 0.161. The van der Waals surface area contributed by atoms with Gasteiger partial charge in [0.05, 0.1) is 22.8 Å². The maximum Gasteiger partial charge on any atom is 0.159 e. The van der Waals surface area contributed by atoms with Crippen molar-refractivity contribution < 1.29 is 9.47 Å². The predicted octanol–water partition coefficient (Wildman–Crippen LogP) is 14.7. The molecule has 0 amide bonds. The maximum atomic E-state index is 9.22. The first kappa shape index (κ1) is 40.9. The zero-order valence-corrected chi connectivity index (χ0v) is 35.9. The van der Waals surface area contributed by atoms with Gasteiger partial charge in [-0.05, 0) is 127 Å². The minimum absolute atomic E-state index is 0.142. The molecule has 0 saturated carbocycles. The molecule has 0 aromatic heterocycles. The molecule has 312 valence electrons. The number of hydrogen-bond acceptors (Lipinski definition) is 5. The Morgan fingerprint density at radius 2 is 1.76 bits per heavy atom. The van der Waals surface area contributed by atoms with E-state index in [9.17, 15) is 5.41 Å². The molecule has 7 nitrogen and oxygen atoms in total. The number of para-hydroxylation sites is 2. The van der Waals surface area contributed by atoms with Crippen LogP contribution in [0.15, 0.2) is 214 Å². The second kappa shape index (κ2) is 18.2. The molecular formula is C56H51N5O2. The van der Waals surface area contributed by atoms with Gasteiger partial charge >= 0.3 is 0 Å². The summed E-state index contributed by atoms with van der Waals surface area (Å²) >= 11 is 0. The number of nitrogens with zero attached hydrogens (tertiary/aromatic N) is 4. The molecule has 0 spiro atoms. The molecule has 1 N–H and O–H groups in total. The normalized spacial score (nSPS) is 18.5. The molecule has 7 heteroatoms. The van der Waals surface area contributed by atoms with Gasteiger partial charge in [0.15, 0.2) is 17.2 Å². The number of rotatable bonds is 10. The van der Waals surface area contributed by atoms with E-state index < -0.39 is 0 Å². The van der Waals surface area contributed by atoms with Gasteiger partial charge in [-0.1, -0.05) is 117 Å². The second-order valence-corrected chi connectivity index (χ2v) is 16.0. The molecule has 1 unspecified atom stereocenters. The number of anilines is 3. The summed E-state index contributed by atoms with van der Waals surface area (Å²) in [4.78, 5) is 14.4. The van der Waals surface area contributed by atoms with Crippen LogP contribution in [-0.4, -0.2) is 17.9 Å². The van der Waals surface area contributed by atoms with Gasteiger partial charge in [0.2, 0.25) is 0 Å². The van der Waals surface area contributed by atoms with E-state index in [-0.39, 0.29) is 11.8 Å². The highest BCUT2D eigenvalue weighted by molar-refractivity contribution is 6.08. The fourth-order valence-electron chi connectivity index (χ4n) is 8.63. The molecule has 2 heterocycles. The highest BCUT2D eigenvalue weighted by atomic mass is 16.5. The van der Waals surface area contributed by atoms with Crippen LogP contribution in [0.2, 0.25) is 0 Å². The third kappa shape index (κ3) is 8.30. The summed E-state index contributed by atoms with van der Waals surface area (Å²) in [5.74, 6) is 4.08. The zero-order valence-electron chi connectivity index (χ0n) is 35.9. The van der Waals surface area contributed by atoms with Gasteiger partial charge in [-0.2, -0.15) is 0 Å². The summed E-state index contributed by atoms with van der Waals surface area (Å²) in [5.41, 5.74) is 10.3. The van der Waals surface area contributed by atoms with Gasteiger partial charge in [-0.15, -0.1) is 0 Å². The Kier molecular flexibility index (Phi) is 11.8. The van der Waals surface area contributed by atoms with Crippen molar-refractivity contribution in [1.82, 2.24) is 0 Å². The average molecular weight is 826 g/mol. The Bertz CT molecular complexity index is 2890. The molecule has 4 aromatic carbocycles. The van der Waals surface area contributed by atoms with E-state index in [1.807, 2.05) is 60.7 Å². The van der Waals surface area contributed by atoms with Gasteiger partial charge in [0, 0.05) is 35.3 Å². The topological polar surface area (TPSA) is 73.5 Å². The van der Waals surface area contributed by atoms with E-state index in [0.29, 0.717) is 12.3 Å². The van der Waals surface area contributed by atoms with Gasteiger partial charge in [0.1, 0.15) is 17.4 Å². The van der Waals surface area contributed by atoms with Gasteiger partial charge in [-0.25, -0.2) is 9.98 Å². The lowest BCUT2D eigenvalue weighted by Gasteiger charge is -2.36. The van der Waals surface area contributed by atoms with Crippen LogP contribution in [-0.2, 0) is 0 Å². The Morgan fingerprint density at radius 3 is 2.59 bits per heavy atom. The van der Waals surface area contributed by atoms with Crippen molar-refractivity contribution in [2.75, 3.05) is 9.80 Å². The lowest BCUT2D eigenvalue weighted by Crippen LogP contribution is -2.29. The monoisotopic (exact) mass is 825 g/mol. The molecular weight excluding hydrogens is 775 g/mol. The maximum absolute atomic E-state index is 9.22. The van der Waals surface area contributed by atoms with E-state index in [1.54, 1.807) is 6.21 Å². The number of hydrogen-bond donors (Lipinski definition) is 1. The lowest BCUT2D eigenvalue weighted by atomic mass is 9.92. The largest absolute Gasteiger partial charge is 0.457 e. The van der Waals surface area contributed by atoms with Crippen molar-refractivity contribution in [3.63, 3.8) is 0 Å². The van der Waals surface area contributed by atoms with Crippen LogP contribution in [0.3, 0.4) is 0 Å². The molecule has 0 radical (unpaired) electrons. The smallest absolute Gasteiger partial charge is 0.159 e. The summed E-state index contributed by atoms with van der Waals surface area (Å²) in [6, 6.07) is 26.8. The van der Waals surface area contributed by atoms with E-state index in [0.717, 1.165) is 111 Å². The van der Waals surface area contributed by atoms with Crippen molar-refractivity contribution in [3.05, 3.63) is 210 Å². The Hall–Kier alpha value is -7.51. The summed E-state index contributed by atoms with van der Waals surface area (Å²) in [6.45, 7) is 12.4. The lowest BCUT2D eigenvalue weighted by molar-refractivity contribution is 0.387. The first-order valence-electron chi connectivity index (χ1n) is 21.8. The number of amidine groups is 2. The first-order chi connectivity index (χ1) is 30.9. The minimum Gasteiger partial charge on any atom is -0.457 e. The molecule has 9 rings (SSSR count). The number of allylic oxidation sites excluding steroid dienone is 14. The van der Waals surface area contributed by atoms with E-state index in [1.165, 1.54) is 11.1 Å². The van der Waals surface area contributed by atoms with Crippen molar-refractivity contribution in [2.24, 2.45) is 15.9 Å². The fourth-order valence-corrected chi connectivity index (χ4v) is 8.63. The summed E-state index contributed by atoms with van der Waals surface area (Å²) in [7, 11) is 0. The minimum atomic E-state index is -0.142. The molecule has 0 saturated heterocycles. The van der Waals surface area contributed by atoms with Gasteiger partial charge in [0.25, 0.3) is 0 Å². The predicted molar refractivity (Wildman–Crippen MR) is 263 cm³/mol. The van der Waals surface area contributed by atoms with Crippen LogP contribution in [0, 0.1) is 11.3 Å². The van der Waals surface area contributed by atoms with Crippen molar-refractivity contribution in [2.45, 2.75) is 52.4 Å². The van der Waals surface area contributed by atoms with E-state index in [4.69, 9.17) is 19.5 Å². The first-order valence-corrected chi connectivity index (χ1v) is 21.8. The number of ether oxygens (including phenoxy) is 2. The Balaban J connectivity index is 1.02. The summed E-state index contributed by atoms with van der Waals surface area (Å²) in [6.07, 6.45) is 34.0. The number of benzene rings is 4. The molecule has 0 fully saturated rings. The SMILES string of the molecule is C=C\C(=C/C=C/C=N/C(=N\C(=N)C1=CC(C)=C(/C=C\CC)CC1)C1C=CC(N2C3=C(CCC=C3)Oc3cc(C=C)ccc32)=CC1)N1c2ccccc2Oc2c1ccc1ccccc21. The van der Waals surface area contributed by atoms with Crippen LogP contribution in [0.1, 0.15) is 57.9 Å². The van der Waals surface area contributed by atoms with E-state index >= 15 is 0 Å². The molecule has 1 atom stereocenters. The standard InChI is InChI=1S/C56H51N5O2/c1-5-8-17-40-26-27-43(36-38(40)4)55(57)59-56(42-28-31-45(32-29-42)61-47-21-11-13-23-51(47)62-53-37-39(6-2)25-33-49(53)61)58-35-16-15-19-44(7-3)60-48-22-12-14-24-52(48)63-54-46-20-10-9-18-41(46)30-34-50(54)60/h6-12,14-22,24-25,28,30-37,42,57H,2-3,5,13,23,26-27,29H2,1,4H3/b16-15+,17-8-,44-19+,57-55?,58-35+,59-56-. The number of aliphatic imine (C=N–C) groups is 2. The van der Waals surface area contributed by atoms with Crippen LogP contribution in [0.4, 0.5) is 17.1 Å². The van der Waals surface area contributed by atoms with Crippen LogP contribution < -0.4 is 19.3 Å². The van der Waals surface area contributed by atoms with Crippen LogP contribution in [0.5, 0.6) is 17.2 Å².